The van der Waals surface area contributed by atoms with Gasteiger partial charge in [0.2, 0.25) is 0 Å². The first-order valence-electron chi connectivity index (χ1n) is 5.33. The lowest BCUT2D eigenvalue weighted by atomic mass is 10.1. The number of carbonyl (C=O) groups is 1. The molecule has 19 heavy (non-hydrogen) atoms. The number of aliphatic hydroxyl groups is 1. The second-order valence-corrected chi connectivity index (χ2v) is 5.24. The molecule has 0 bridgehead atoms. The molecule has 0 saturated heterocycles. The van der Waals surface area contributed by atoms with Gasteiger partial charge in [0, 0.05) is 5.56 Å². The molecular formula is C12H14AlCl2O4. The molecule has 4 nitrogen and oxygen atoms in total. The van der Waals surface area contributed by atoms with Crippen molar-refractivity contribution in [1.29, 1.82) is 0 Å². The van der Waals surface area contributed by atoms with E-state index in [1.165, 1.54) is 0 Å². The van der Waals surface area contributed by atoms with Crippen LogP contribution >= 0.6 is 20.1 Å². The van der Waals surface area contributed by atoms with E-state index in [2.05, 4.69) is 0 Å². The summed E-state index contributed by atoms with van der Waals surface area (Å²) in [5.41, 5.74) is 0.465. The summed E-state index contributed by atoms with van der Waals surface area (Å²) in [7, 11) is 11.2. The highest BCUT2D eigenvalue weighted by Gasteiger charge is 2.05. The van der Waals surface area contributed by atoms with Crippen molar-refractivity contribution in [1.82, 2.24) is 0 Å². The molecule has 0 heterocycles. The molecule has 0 aliphatic rings. The zero-order valence-corrected chi connectivity index (χ0v) is 13.3. The second-order valence-electron chi connectivity index (χ2n) is 3.09. The van der Waals surface area contributed by atoms with Crippen LogP contribution in [0.25, 0.3) is 0 Å². The Morgan fingerprint density at radius 3 is 2.32 bits per heavy atom. The first-order valence-corrected chi connectivity index (χ1v) is 8.82. The third kappa shape index (κ3) is 8.02. The van der Waals surface area contributed by atoms with Crippen molar-refractivity contribution in [2.45, 2.75) is 6.92 Å². The fourth-order valence-electron chi connectivity index (χ4n) is 1.14. The van der Waals surface area contributed by atoms with Gasteiger partial charge in [0.25, 0.3) is 5.95 Å². The molecule has 0 aromatic heterocycles. The Bertz CT molecular complexity index is 407. The van der Waals surface area contributed by atoms with Gasteiger partial charge in [-0.2, -0.15) is 0 Å². The number of halogens is 2. The summed E-state index contributed by atoms with van der Waals surface area (Å²) in [6.45, 7) is 2.04. The molecule has 0 fully saturated rings. The molecule has 0 saturated carbocycles. The SMILES string of the molecule is CCO/C(O)=C/C(=O)c1ccc(OC)cc1.[Cl][Al][Cl]. The number of aliphatic hydroxyl groups excluding tert-OH is 1. The van der Waals surface area contributed by atoms with E-state index in [-0.39, 0.29) is 25.1 Å². The van der Waals surface area contributed by atoms with Crippen molar-refractivity contribution in [3.63, 3.8) is 0 Å². The van der Waals surface area contributed by atoms with E-state index in [9.17, 15) is 9.90 Å². The average molecular weight is 320 g/mol. The number of rotatable bonds is 5. The molecule has 0 amide bonds. The van der Waals surface area contributed by atoms with E-state index in [4.69, 9.17) is 29.6 Å². The highest BCUT2D eigenvalue weighted by molar-refractivity contribution is 7.22. The van der Waals surface area contributed by atoms with Crippen LogP contribution in [0.3, 0.4) is 0 Å². The number of ether oxygens (including phenoxy) is 2. The quantitative estimate of drug-likeness (QED) is 0.391. The summed E-state index contributed by atoms with van der Waals surface area (Å²) >= 11 is -0.306. The predicted octanol–water partition coefficient (Wildman–Crippen LogP) is 3.31. The minimum Gasteiger partial charge on any atom is -0.497 e. The molecule has 0 spiro atoms. The van der Waals surface area contributed by atoms with Crippen LogP contribution in [0.5, 0.6) is 5.75 Å². The maximum absolute atomic E-state index is 11.6. The molecular weight excluding hydrogens is 306 g/mol. The maximum atomic E-state index is 11.6. The zero-order valence-electron chi connectivity index (χ0n) is 10.6. The second kappa shape index (κ2) is 11.0. The van der Waals surface area contributed by atoms with Crippen LogP contribution in [-0.4, -0.2) is 38.0 Å². The zero-order chi connectivity index (χ0) is 14.7. The summed E-state index contributed by atoms with van der Waals surface area (Å²) in [6.07, 6.45) is 1.05. The standard InChI is InChI=1S/C12H14O4.Al.2ClH/c1-3-16-12(14)8-11(13)9-4-6-10(15-2)7-5-9;;;/h4-8,14H,3H2,1-2H3;;2*1H/q;+2;;/p-2/b12-8+;;;. The lowest BCUT2D eigenvalue weighted by Gasteiger charge is -2.01. The third-order valence-electron chi connectivity index (χ3n) is 1.92. The number of methoxy groups -OCH3 is 1. The molecule has 103 valence electrons. The van der Waals surface area contributed by atoms with Gasteiger partial charge in [-0.05, 0) is 31.2 Å². The molecule has 7 heteroatoms. The van der Waals surface area contributed by atoms with Crippen LogP contribution in [0.1, 0.15) is 17.3 Å². The van der Waals surface area contributed by atoms with E-state index in [1.54, 1.807) is 38.3 Å². The van der Waals surface area contributed by atoms with Gasteiger partial charge in [-0.15, -0.1) is 0 Å². The number of hydrogen-bond acceptors (Lipinski definition) is 4. The molecule has 1 aromatic carbocycles. The molecule has 1 aromatic rings. The minimum atomic E-state index is -0.372. The Kier molecular flexibility index (Phi) is 10.5. The summed E-state index contributed by atoms with van der Waals surface area (Å²) in [5, 5.41) is 9.18. The monoisotopic (exact) mass is 319 g/mol. The minimum absolute atomic E-state index is 0.306. The van der Waals surface area contributed by atoms with E-state index < -0.39 is 0 Å². The molecule has 0 atom stereocenters. The molecule has 1 N–H and O–H groups in total. The molecule has 0 aliphatic carbocycles. The van der Waals surface area contributed by atoms with Crippen molar-refractivity contribution in [2.24, 2.45) is 0 Å². The number of allylic oxidation sites excluding steroid dienone is 1. The number of carbonyl (C=O) groups excluding carboxylic acids is 1. The van der Waals surface area contributed by atoms with Crippen LogP contribution in [-0.2, 0) is 4.74 Å². The smallest absolute Gasteiger partial charge is 0.495 e. The average Bonchev–Trinajstić information content (AvgIpc) is 2.40. The largest absolute Gasteiger partial charge is 0.497 e. The van der Waals surface area contributed by atoms with Gasteiger partial charge in [0.1, 0.15) is 5.75 Å². The van der Waals surface area contributed by atoms with Crippen molar-refractivity contribution >= 4 is 39.3 Å². The summed E-state index contributed by atoms with van der Waals surface area (Å²) in [5.74, 6) is -0.00789. The molecule has 0 unspecified atom stereocenters. The fourth-order valence-corrected chi connectivity index (χ4v) is 1.14. The van der Waals surface area contributed by atoms with Crippen molar-refractivity contribution < 1.29 is 19.4 Å². The van der Waals surface area contributed by atoms with Gasteiger partial charge in [0.05, 0.1) is 19.8 Å². The number of ketones is 1. The third-order valence-corrected chi connectivity index (χ3v) is 1.92. The Balaban J connectivity index is 0.000000982. The van der Waals surface area contributed by atoms with Crippen molar-refractivity contribution in [3.05, 3.63) is 41.9 Å². The van der Waals surface area contributed by atoms with E-state index in [0.717, 1.165) is 6.08 Å². The Hall–Kier alpha value is -0.858. The fraction of sp³-hybridized carbons (Fsp3) is 0.250. The van der Waals surface area contributed by atoms with E-state index in [0.29, 0.717) is 17.9 Å². The van der Waals surface area contributed by atoms with Gasteiger partial charge in [0.15, 0.2) is 5.78 Å². The lowest BCUT2D eigenvalue weighted by Crippen LogP contribution is -1.99. The summed E-state index contributed by atoms with van der Waals surface area (Å²) < 4.78 is 9.72. The summed E-state index contributed by atoms with van der Waals surface area (Å²) in [4.78, 5) is 11.6. The van der Waals surface area contributed by atoms with Gasteiger partial charge in [-0.3, -0.25) is 4.79 Å². The van der Waals surface area contributed by atoms with Crippen molar-refractivity contribution in [2.75, 3.05) is 13.7 Å². The maximum Gasteiger partial charge on any atom is 0.495 e. The first-order chi connectivity index (χ1) is 9.08. The molecule has 0 aliphatic heterocycles. The Morgan fingerprint density at radius 2 is 1.89 bits per heavy atom. The Morgan fingerprint density at radius 1 is 1.37 bits per heavy atom. The van der Waals surface area contributed by atoms with E-state index >= 15 is 0 Å². The molecule has 1 rings (SSSR count). The lowest BCUT2D eigenvalue weighted by molar-refractivity contribution is 0.0920. The topological polar surface area (TPSA) is 55.8 Å². The predicted molar refractivity (Wildman–Crippen MR) is 77.1 cm³/mol. The molecule has 1 radical (unpaired) electrons. The normalized spacial score (nSPS) is 10.0. The Labute approximate surface area is 127 Å². The van der Waals surface area contributed by atoms with Crippen LogP contribution in [0.4, 0.5) is 0 Å². The first kappa shape index (κ1) is 18.1. The van der Waals surface area contributed by atoms with Crippen molar-refractivity contribution in [3.8, 4) is 5.75 Å². The van der Waals surface area contributed by atoms with Gasteiger partial charge in [-0.1, -0.05) is 0 Å². The van der Waals surface area contributed by atoms with Crippen LogP contribution in [0.2, 0.25) is 0 Å². The highest BCUT2D eigenvalue weighted by Crippen LogP contribution is 2.12. The van der Waals surface area contributed by atoms with Gasteiger partial charge >= 0.3 is 13.4 Å². The number of hydrogen-bond donors (Lipinski definition) is 1. The van der Waals surface area contributed by atoms with Crippen LogP contribution in [0.15, 0.2) is 36.3 Å². The highest BCUT2D eigenvalue weighted by atomic mass is 35.7. The van der Waals surface area contributed by atoms with Crippen LogP contribution < -0.4 is 4.74 Å². The van der Waals surface area contributed by atoms with Gasteiger partial charge < -0.3 is 14.6 Å². The van der Waals surface area contributed by atoms with Gasteiger partial charge in [-0.25, -0.2) is 20.1 Å². The van der Waals surface area contributed by atoms with E-state index in [1.807, 2.05) is 0 Å². The number of benzene rings is 1. The summed E-state index contributed by atoms with van der Waals surface area (Å²) in [6, 6.07) is 6.60. The van der Waals surface area contributed by atoms with Crippen LogP contribution in [0, 0.1) is 0 Å².